The van der Waals surface area contributed by atoms with Gasteiger partial charge in [0.15, 0.2) is 0 Å². The molecule has 3 heterocycles. The number of aromatic nitrogens is 2. The third-order valence-corrected chi connectivity index (χ3v) is 7.76. The Kier molecular flexibility index (Phi) is 5.84. The number of anilines is 1. The first-order chi connectivity index (χ1) is 14.1. The molecule has 0 aliphatic carbocycles. The molecule has 0 fully saturated rings. The summed E-state index contributed by atoms with van der Waals surface area (Å²) in [4.78, 5) is 21.3. The Hall–Kier alpha value is -2.42. The highest BCUT2D eigenvalue weighted by atomic mass is 32.2. The van der Waals surface area contributed by atoms with Gasteiger partial charge in [-0.2, -0.15) is 0 Å². The van der Waals surface area contributed by atoms with Gasteiger partial charge in [-0.25, -0.2) is 14.8 Å². The van der Waals surface area contributed by atoms with E-state index in [0.29, 0.717) is 0 Å². The first kappa shape index (κ1) is 19.9. The summed E-state index contributed by atoms with van der Waals surface area (Å²) in [6.45, 7) is 2.18. The number of thiophene rings is 1. The number of nitrogen functional groups attached to an aromatic ring is 1. The highest BCUT2D eigenvalue weighted by Crippen LogP contribution is 2.45. The zero-order valence-corrected chi connectivity index (χ0v) is 18.2. The molecule has 5 nitrogen and oxygen atoms in total. The molecule has 3 N–H and O–H groups in total. The van der Waals surface area contributed by atoms with Gasteiger partial charge in [0.05, 0.1) is 15.5 Å². The minimum Gasteiger partial charge on any atom is -0.478 e. The van der Waals surface area contributed by atoms with Crippen LogP contribution < -0.4 is 5.73 Å². The lowest BCUT2D eigenvalue weighted by atomic mass is 10.0. The highest BCUT2D eigenvalue weighted by molar-refractivity contribution is 8.01. The zero-order chi connectivity index (χ0) is 20.4. The van der Waals surface area contributed by atoms with E-state index in [-0.39, 0.29) is 5.56 Å². The van der Waals surface area contributed by atoms with Gasteiger partial charge in [-0.15, -0.1) is 34.4 Å². The SMILES string of the molecule is CCCCSc1sc2nc(-c3nccs3)cc(-c3ccc(C(=O)O)cc3)c2c1N. The van der Waals surface area contributed by atoms with Crippen molar-refractivity contribution in [2.45, 2.75) is 24.0 Å². The summed E-state index contributed by atoms with van der Waals surface area (Å²) in [5, 5.41) is 12.9. The Bertz CT molecular complexity index is 1150. The van der Waals surface area contributed by atoms with Crippen LogP contribution in [0.3, 0.4) is 0 Å². The molecule has 148 valence electrons. The van der Waals surface area contributed by atoms with Gasteiger partial charge in [0.2, 0.25) is 0 Å². The van der Waals surface area contributed by atoms with Crippen molar-refractivity contribution in [2.24, 2.45) is 0 Å². The molecular formula is C21H19N3O2S3. The molecule has 8 heteroatoms. The van der Waals surface area contributed by atoms with Gasteiger partial charge in [0.1, 0.15) is 15.5 Å². The van der Waals surface area contributed by atoms with Gasteiger partial charge in [0, 0.05) is 17.0 Å². The summed E-state index contributed by atoms with van der Waals surface area (Å²) in [6, 6.07) is 8.88. The van der Waals surface area contributed by atoms with Gasteiger partial charge in [-0.05, 0) is 41.5 Å². The molecule has 0 atom stereocenters. The lowest BCUT2D eigenvalue weighted by molar-refractivity contribution is 0.0697. The third kappa shape index (κ3) is 4.01. The molecule has 0 aliphatic rings. The Labute approximate surface area is 180 Å². The molecule has 0 unspecified atom stereocenters. The molecular weight excluding hydrogens is 422 g/mol. The van der Waals surface area contributed by atoms with Gasteiger partial charge in [0.25, 0.3) is 0 Å². The van der Waals surface area contributed by atoms with E-state index in [9.17, 15) is 9.90 Å². The number of fused-ring (bicyclic) bond motifs is 1. The summed E-state index contributed by atoms with van der Waals surface area (Å²) >= 11 is 4.93. The van der Waals surface area contributed by atoms with Crippen molar-refractivity contribution in [1.29, 1.82) is 0 Å². The maximum Gasteiger partial charge on any atom is 0.335 e. The molecule has 4 aromatic rings. The van der Waals surface area contributed by atoms with E-state index in [2.05, 4.69) is 11.9 Å². The third-order valence-electron chi connectivity index (χ3n) is 4.49. The minimum absolute atomic E-state index is 0.258. The van der Waals surface area contributed by atoms with Crippen molar-refractivity contribution in [3.63, 3.8) is 0 Å². The highest BCUT2D eigenvalue weighted by Gasteiger charge is 2.19. The second kappa shape index (κ2) is 8.52. The number of hydrogen-bond acceptors (Lipinski definition) is 7. The number of carbonyl (C=O) groups is 1. The quantitative estimate of drug-likeness (QED) is 0.260. The lowest BCUT2D eigenvalue weighted by Crippen LogP contribution is -1.95. The van der Waals surface area contributed by atoms with E-state index in [1.165, 1.54) is 11.3 Å². The smallest absolute Gasteiger partial charge is 0.335 e. The maximum atomic E-state index is 11.2. The Morgan fingerprint density at radius 1 is 1.28 bits per heavy atom. The van der Waals surface area contributed by atoms with Crippen molar-refractivity contribution in [3.8, 4) is 21.8 Å². The Morgan fingerprint density at radius 2 is 2.07 bits per heavy atom. The summed E-state index contributed by atoms with van der Waals surface area (Å²) in [5.74, 6) is 0.0831. The topological polar surface area (TPSA) is 89.1 Å². The van der Waals surface area contributed by atoms with Crippen molar-refractivity contribution >= 4 is 56.3 Å². The zero-order valence-electron chi connectivity index (χ0n) is 15.7. The number of unbranched alkanes of at least 4 members (excludes halogenated alkanes) is 1. The van der Waals surface area contributed by atoms with E-state index in [1.807, 2.05) is 23.6 Å². The van der Waals surface area contributed by atoms with E-state index < -0.39 is 5.97 Å². The number of carboxylic acid groups (broad SMARTS) is 1. The first-order valence-corrected chi connectivity index (χ1v) is 11.9. The maximum absolute atomic E-state index is 11.2. The van der Waals surface area contributed by atoms with Crippen LogP contribution in [-0.2, 0) is 0 Å². The van der Waals surface area contributed by atoms with E-state index >= 15 is 0 Å². The second-order valence-corrected chi connectivity index (χ2v) is 9.72. The summed E-state index contributed by atoms with van der Waals surface area (Å²) in [7, 11) is 0. The monoisotopic (exact) mass is 441 g/mol. The van der Waals surface area contributed by atoms with E-state index in [1.54, 1.807) is 41.4 Å². The van der Waals surface area contributed by atoms with Crippen LogP contribution >= 0.6 is 34.4 Å². The van der Waals surface area contributed by atoms with E-state index in [0.717, 1.165) is 60.5 Å². The fourth-order valence-electron chi connectivity index (χ4n) is 3.00. The van der Waals surface area contributed by atoms with E-state index in [4.69, 9.17) is 10.7 Å². The lowest BCUT2D eigenvalue weighted by Gasteiger charge is -2.08. The normalized spacial score (nSPS) is 11.2. The molecule has 29 heavy (non-hydrogen) atoms. The van der Waals surface area contributed by atoms with Crippen molar-refractivity contribution in [2.75, 3.05) is 11.5 Å². The van der Waals surface area contributed by atoms with Crippen LogP contribution in [-0.4, -0.2) is 26.8 Å². The average molecular weight is 442 g/mol. The number of thioether (sulfide) groups is 1. The predicted octanol–water partition coefficient (Wildman–Crippen LogP) is 6.26. The average Bonchev–Trinajstić information content (AvgIpc) is 3.36. The van der Waals surface area contributed by atoms with Crippen LogP contribution in [0.5, 0.6) is 0 Å². The van der Waals surface area contributed by atoms with Crippen molar-refractivity contribution in [3.05, 3.63) is 47.5 Å². The summed E-state index contributed by atoms with van der Waals surface area (Å²) in [5.41, 5.74) is 10.2. The predicted molar refractivity (Wildman–Crippen MR) is 123 cm³/mol. The summed E-state index contributed by atoms with van der Waals surface area (Å²) < 4.78 is 1.08. The Morgan fingerprint density at radius 3 is 2.72 bits per heavy atom. The molecule has 0 spiro atoms. The van der Waals surface area contributed by atoms with Crippen molar-refractivity contribution < 1.29 is 9.90 Å². The van der Waals surface area contributed by atoms with Gasteiger partial charge in [-0.1, -0.05) is 25.5 Å². The molecule has 0 saturated carbocycles. The van der Waals surface area contributed by atoms with Crippen LogP contribution in [0.1, 0.15) is 30.1 Å². The largest absolute Gasteiger partial charge is 0.478 e. The standard InChI is InChI=1S/C21H19N3O2S3/c1-2-3-9-28-21-17(22)16-14(12-4-6-13(7-5-12)20(25)26)11-15(24-19(16)29-21)18-23-8-10-27-18/h4-8,10-11H,2-3,9,22H2,1H3,(H,25,26). The molecule has 3 aromatic heterocycles. The molecule has 4 rings (SSSR count). The van der Waals surface area contributed by atoms with Crippen LogP contribution in [0, 0.1) is 0 Å². The van der Waals surface area contributed by atoms with Gasteiger partial charge < -0.3 is 10.8 Å². The van der Waals surface area contributed by atoms with Crippen molar-refractivity contribution in [1.82, 2.24) is 9.97 Å². The fraction of sp³-hybridized carbons (Fsp3) is 0.190. The second-order valence-electron chi connectivity index (χ2n) is 6.46. The number of nitrogens with two attached hydrogens (primary N) is 1. The van der Waals surface area contributed by atoms with Crippen LogP contribution in [0.15, 0.2) is 46.1 Å². The number of nitrogens with zero attached hydrogens (tertiary/aromatic N) is 2. The number of rotatable bonds is 7. The molecule has 1 aromatic carbocycles. The summed E-state index contributed by atoms with van der Waals surface area (Å²) in [6.07, 6.45) is 4.05. The Balaban J connectivity index is 1.88. The van der Waals surface area contributed by atoms with Gasteiger partial charge in [-0.3, -0.25) is 0 Å². The molecule has 0 saturated heterocycles. The van der Waals surface area contributed by atoms with Crippen LogP contribution in [0.4, 0.5) is 5.69 Å². The fourth-order valence-corrected chi connectivity index (χ4v) is 6.05. The molecule has 0 bridgehead atoms. The first-order valence-electron chi connectivity index (χ1n) is 9.18. The molecule has 0 aliphatic heterocycles. The van der Waals surface area contributed by atoms with Crippen LogP contribution in [0.2, 0.25) is 0 Å². The molecule has 0 amide bonds. The molecule has 0 radical (unpaired) electrons. The number of benzene rings is 1. The number of carboxylic acids is 1. The number of pyridine rings is 1. The number of hydrogen-bond donors (Lipinski definition) is 2. The van der Waals surface area contributed by atoms with Gasteiger partial charge >= 0.3 is 5.97 Å². The van der Waals surface area contributed by atoms with Crippen LogP contribution in [0.25, 0.3) is 32.0 Å². The minimum atomic E-state index is -0.940. The number of aromatic carboxylic acids is 1. The number of thiazole rings is 1.